The summed E-state index contributed by atoms with van der Waals surface area (Å²) in [7, 11) is 0. The SMILES string of the molecule is CC(C)C1CC(NCCCCO)CCO1. The van der Waals surface area contributed by atoms with Crippen LogP contribution in [-0.2, 0) is 4.74 Å². The van der Waals surface area contributed by atoms with E-state index in [0.29, 0.717) is 24.7 Å². The van der Waals surface area contributed by atoms with E-state index >= 15 is 0 Å². The molecule has 0 bridgehead atoms. The third kappa shape index (κ3) is 4.96. The predicted molar refractivity (Wildman–Crippen MR) is 61.9 cm³/mol. The smallest absolute Gasteiger partial charge is 0.0612 e. The Morgan fingerprint density at radius 1 is 1.40 bits per heavy atom. The molecule has 1 heterocycles. The van der Waals surface area contributed by atoms with Gasteiger partial charge in [-0.3, -0.25) is 0 Å². The Morgan fingerprint density at radius 3 is 2.87 bits per heavy atom. The zero-order valence-corrected chi connectivity index (χ0v) is 10.0. The van der Waals surface area contributed by atoms with Crippen LogP contribution in [0, 0.1) is 5.92 Å². The predicted octanol–water partition coefficient (Wildman–Crippen LogP) is 1.55. The first-order valence-electron chi connectivity index (χ1n) is 6.20. The van der Waals surface area contributed by atoms with Gasteiger partial charge in [0, 0.05) is 19.3 Å². The quantitative estimate of drug-likeness (QED) is 0.661. The molecule has 1 aliphatic rings. The number of hydrogen-bond acceptors (Lipinski definition) is 3. The summed E-state index contributed by atoms with van der Waals surface area (Å²) in [4.78, 5) is 0. The molecule has 0 spiro atoms. The van der Waals surface area contributed by atoms with Crippen molar-refractivity contribution in [1.29, 1.82) is 0 Å². The highest BCUT2D eigenvalue weighted by atomic mass is 16.5. The van der Waals surface area contributed by atoms with Gasteiger partial charge in [0.05, 0.1) is 6.10 Å². The second kappa shape index (κ2) is 7.20. The van der Waals surface area contributed by atoms with Crippen molar-refractivity contribution in [3.8, 4) is 0 Å². The highest BCUT2D eigenvalue weighted by Gasteiger charge is 2.24. The first-order chi connectivity index (χ1) is 7.24. The summed E-state index contributed by atoms with van der Waals surface area (Å²) >= 11 is 0. The minimum Gasteiger partial charge on any atom is -0.396 e. The van der Waals surface area contributed by atoms with Gasteiger partial charge >= 0.3 is 0 Å². The van der Waals surface area contributed by atoms with E-state index in [1.165, 1.54) is 0 Å². The van der Waals surface area contributed by atoms with Gasteiger partial charge in [-0.1, -0.05) is 13.8 Å². The first kappa shape index (κ1) is 12.9. The van der Waals surface area contributed by atoms with E-state index in [2.05, 4.69) is 19.2 Å². The van der Waals surface area contributed by atoms with Gasteiger partial charge in [-0.2, -0.15) is 0 Å². The van der Waals surface area contributed by atoms with Gasteiger partial charge in [-0.15, -0.1) is 0 Å². The molecular formula is C12H25NO2. The van der Waals surface area contributed by atoms with Crippen LogP contribution in [0.4, 0.5) is 0 Å². The number of aliphatic hydroxyl groups is 1. The molecule has 1 fully saturated rings. The summed E-state index contributed by atoms with van der Waals surface area (Å²) in [5, 5.41) is 12.2. The molecule has 0 aliphatic carbocycles. The summed E-state index contributed by atoms with van der Waals surface area (Å²) in [6.07, 6.45) is 4.66. The minimum atomic E-state index is 0.310. The normalized spacial score (nSPS) is 27.2. The number of hydrogen-bond donors (Lipinski definition) is 2. The molecule has 0 saturated carbocycles. The summed E-state index contributed by atoms with van der Waals surface area (Å²) in [6.45, 7) is 6.66. The monoisotopic (exact) mass is 215 g/mol. The van der Waals surface area contributed by atoms with E-state index in [1.807, 2.05) is 0 Å². The third-order valence-electron chi connectivity index (χ3n) is 3.08. The van der Waals surface area contributed by atoms with E-state index in [9.17, 15) is 0 Å². The molecule has 3 nitrogen and oxygen atoms in total. The zero-order chi connectivity index (χ0) is 11.1. The molecule has 1 aliphatic heterocycles. The van der Waals surface area contributed by atoms with Gasteiger partial charge in [0.2, 0.25) is 0 Å². The Labute approximate surface area is 93.2 Å². The lowest BCUT2D eigenvalue weighted by Crippen LogP contribution is -2.41. The minimum absolute atomic E-state index is 0.310. The molecule has 3 heteroatoms. The Hall–Kier alpha value is -0.120. The summed E-state index contributed by atoms with van der Waals surface area (Å²) in [5.74, 6) is 0.618. The molecule has 2 N–H and O–H groups in total. The van der Waals surface area contributed by atoms with Crippen LogP contribution in [0.5, 0.6) is 0 Å². The van der Waals surface area contributed by atoms with Crippen LogP contribution < -0.4 is 5.32 Å². The van der Waals surface area contributed by atoms with E-state index in [0.717, 1.165) is 38.8 Å². The van der Waals surface area contributed by atoms with Crippen molar-refractivity contribution in [3.63, 3.8) is 0 Å². The highest BCUT2D eigenvalue weighted by molar-refractivity contribution is 4.78. The molecule has 2 atom stereocenters. The maximum atomic E-state index is 8.67. The molecular weight excluding hydrogens is 190 g/mol. The lowest BCUT2D eigenvalue weighted by Gasteiger charge is -2.32. The molecule has 1 saturated heterocycles. The van der Waals surface area contributed by atoms with Gasteiger partial charge in [-0.05, 0) is 38.1 Å². The van der Waals surface area contributed by atoms with Gasteiger partial charge in [-0.25, -0.2) is 0 Å². The molecule has 0 aromatic heterocycles. The molecule has 15 heavy (non-hydrogen) atoms. The maximum Gasteiger partial charge on any atom is 0.0612 e. The summed E-state index contributed by atoms with van der Waals surface area (Å²) in [6, 6.07) is 0.616. The summed E-state index contributed by atoms with van der Waals surface area (Å²) in [5.41, 5.74) is 0. The van der Waals surface area contributed by atoms with Crippen LogP contribution in [0.25, 0.3) is 0 Å². The Morgan fingerprint density at radius 2 is 2.20 bits per heavy atom. The highest BCUT2D eigenvalue weighted by Crippen LogP contribution is 2.20. The largest absolute Gasteiger partial charge is 0.396 e. The molecule has 90 valence electrons. The van der Waals surface area contributed by atoms with Gasteiger partial charge in [0.25, 0.3) is 0 Å². The van der Waals surface area contributed by atoms with E-state index in [-0.39, 0.29) is 0 Å². The van der Waals surface area contributed by atoms with Gasteiger partial charge in [0.15, 0.2) is 0 Å². The molecule has 0 radical (unpaired) electrons. The maximum absolute atomic E-state index is 8.67. The topological polar surface area (TPSA) is 41.5 Å². The number of unbranched alkanes of at least 4 members (excludes halogenated alkanes) is 1. The van der Waals surface area contributed by atoms with Crippen LogP contribution in [0.2, 0.25) is 0 Å². The zero-order valence-electron chi connectivity index (χ0n) is 10.0. The number of rotatable bonds is 6. The summed E-state index contributed by atoms with van der Waals surface area (Å²) < 4.78 is 5.72. The molecule has 1 rings (SSSR count). The molecule has 2 unspecified atom stereocenters. The van der Waals surface area contributed by atoms with Gasteiger partial charge < -0.3 is 15.2 Å². The van der Waals surface area contributed by atoms with Crippen molar-refractivity contribution in [2.24, 2.45) is 5.92 Å². The first-order valence-corrected chi connectivity index (χ1v) is 6.20. The fraction of sp³-hybridized carbons (Fsp3) is 1.00. The van der Waals surface area contributed by atoms with Crippen molar-refractivity contribution in [1.82, 2.24) is 5.32 Å². The van der Waals surface area contributed by atoms with Crippen LogP contribution in [0.1, 0.15) is 39.5 Å². The van der Waals surface area contributed by atoms with E-state index < -0.39 is 0 Å². The Kier molecular flexibility index (Phi) is 6.22. The standard InChI is InChI=1S/C12H25NO2/c1-10(2)12-9-11(5-8-15-12)13-6-3-4-7-14/h10-14H,3-9H2,1-2H3. The fourth-order valence-electron chi connectivity index (χ4n) is 2.02. The molecule has 0 amide bonds. The van der Waals surface area contributed by atoms with Crippen LogP contribution in [-0.4, -0.2) is 37.0 Å². The molecule has 0 aromatic rings. The van der Waals surface area contributed by atoms with Crippen molar-refractivity contribution in [3.05, 3.63) is 0 Å². The van der Waals surface area contributed by atoms with Crippen molar-refractivity contribution < 1.29 is 9.84 Å². The molecule has 0 aromatic carbocycles. The Bertz CT molecular complexity index is 162. The van der Waals surface area contributed by atoms with Gasteiger partial charge in [0.1, 0.15) is 0 Å². The van der Waals surface area contributed by atoms with Crippen LogP contribution in [0.15, 0.2) is 0 Å². The number of nitrogens with one attached hydrogen (secondary N) is 1. The number of aliphatic hydroxyl groups excluding tert-OH is 1. The third-order valence-corrected chi connectivity index (χ3v) is 3.08. The van der Waals surface area contributed by atoms with Crippen LogP contribution >= 0.6 is 0 Å². The average molecular weight is 215 g/mol. The second-order valence-electron chi connectivity index (χ2n) is 4.76. The number of ether oxygens (including phenoxy) is 1. The second-order valence-corrected chi connectivity index (χ2v) is 4.76. The van der Waals surface area contributed by atoms with E-state index in [1.54, 1.807) is 0 Å². The van der Waals surface area contributed by atoms with Crippen LogP contribution in [0.3, 0.4) is 0 Å². The van der Waals surface area contributed by atoms with E-state index in [4.69, 9.17) is 9.84 Å². The fourth-order valence-corrected chi connectivity index (χ4v) is 2.02. The Balaban J connectivity index is 2.13. The lowest BCUT2D eigenvalue weighted by molar-refractivity contribution is -0.0243. The van der Waals surface area contributed by atoms with Crippen molar-refractivity contribution >= 4 is 0 Å². The lowest BCUT2D eigenvalue weighted by atomic mass is 9.95. The average Bonchev–Trinajstić information content (AvgIpc) is 2.25. The van der Waals surface area contributed by atoms with Crippen molar-refractivity contribution in [2.45, 2.75) is 51.7 Å². The van der Waals surface area contributed by atoms with Crippen molar-refractivity contribution in [2.75, 3.05) is 19.8 Å².